The lowest BCUT2D eigenvalue weighted by molar-refractivity contribution is -0.147. The van der Waals surface area contributed by atoms with Crippen LogP contribution in [-0.2, 0) is 27.3 Å². The molecule has 1 aliphatic heterocycles. The number of amides is 1. The maximum Gasteiger partial charge on any atom is 0.412 e. The van der Waals surface area contributed by atoms with E-state index in [-0.39, 0.29) is 13.2 Å². The van der Waals surface area contributed by atoms with Gasteiger partial charge in [-0.3, -0.25) is 9.88 Å². The largest absolute Gasteiger partial charge is 0.495 e. The Morgan fingerprint density at radius 3 is 2.67 bits per heavy atom. The summed E-state index contributed by atoms with van der Waals surface area (Å²) in [7, 11) is 2.84. The average Bonchev–Trinajstić information content (AvgIpc) is 2.81. The molecule has 0 saturated heterocycles. The van der Waals surface area contributed by atoms with Crippen LogP contribution >= 0.6 is 0 Å². The fraction of sp³-hybridized carbons (Fsp3) is 0.417. The molecule has 0 spiro atoms. The molecule has 9 heteroatoms. The van der Waals surface area contributed by atoms with Crippen LogP contribution in [0.1, 0.15) is 42.4 Å². The van der Waals surface area contributed by atoms with E-state index in [4.69, 9.17) is 24.2 Å². The number of carbonyl (C=O) groups excluding carboxylic acids is 2. The molecule has 0 bridgehead atoms. The summed E-state index contributed by atoms with van der Waals surface area (Å²) in [4.78, 5) is 31.1. The van der Waals surface area contributed by atoms with Gasteiger partial charge >= 0.3 is 12.1 Å². The van der Waals surface area contributed by atoms with E-state index in [0.29, 0.717) is 29.2 Å². The first-order valence-corrected chi connectivity index (χ1v) is 10.4. The minimum absolute atomic E-state index is 0.214. The molecule has 3 rings (SSSR count). The minimum atomic E-state index is -1.32. The molecule has 1 aromatic carbocycles. The molecule has 0 radical (unpaired) electrons. The highest BCUT2D eigenvalue weighted by atomic mass is 16.6. The van der Waals surface area contributed by atoms with E-state index in [2.05, 4.69) is 4.98 Å². The summed E-state index contributed by atoms with van der Waals surface area (Å²) in [5.41, 5.74) is 1.69. The van der Waals surface area contributed by atoms with Crippen LogP contribution in [0, 0.1) is 18.3 Å². The second-order valence-electron chi connectivity index (χ2n) is 8.11. The SMILES string of the molecule is COC(=O)[C@H]1c2ccc(OCc3nc(C)ccc3OC)cc2CCN1C(=O)OC(C)(C)C#N. The number of aromatic nitrogens is 1. The molecule has 1 atom stereocenters. The number of carbonyl (C=O) groups is 2. The van der Waals surface area contributed by atoms with Crippen LogP contribution in [0.15, 0.2) is 30.3 Å². The van der Waals surface area contributed by atoms with Crippen molar-refractivity contribution in [3.05, 3.63) is 52.8 Å². The minimum Gasteiger partial charge on any atom is -0.495 e. The lowest BCUT2D eigenvalue weighted by Crippen LogP contribution is -2.46. The normalized spacial score (nSPS) is 15.2. The molecule has 33 heavy (non-hydrogen) atoms. The number of esters is 1. The number of ether oxygens (including phenoxy) is 4. The predicted molar refractivity (Wildman–Crippen MR) is 118 cm³/mol. The number of methoxy groups -OCH3 is 2. The smallest absolute Gasteiger partial charge is 0.412 e. The highest BCUT2D eigenvalue weighted by molar-refractivity contribution is 5.84. The average molecular weight is 453 g/mol. The van der Waals surface area contributed by atoms with Crippen LogP contribution in [0.2, 0.25) is 0 Å². The second kappa shape index (κ2) is 9.77. The summed E-state index contributed by atoms with van der Waals surface area (Å²) in [6.45, 7) is 5.30. The molecule has 0 saturated carbocycles. The Morgan fingerprint density at radius 2 is 2.00 bits per heavy atom. The first-order valence-electron chi connectivity index (χ1n) is 10.4. The number of nitrogens with zero attached hydrogens (tertiary/aromatic N) is 3. The second-order valence-corrected chi connectivity index (χ2v) is 8.11. The van der Waals surface area contributed by atoms with Crippen molar-refractivity contribution >= 4 is 12.1 Å². The molecule has 0 aliphatic carbocycles. The fourth-order valence-electron chi connectivity index (χ4n) is 3.59. The van der Waals surface area contributed by atoms with Gasteiger partial charge < -0.3 is 18.9 Å². The van der Waals surface area contributed by atoms with Crippen LogP contribution in [0.5, 0.6) is 11.5 Å². The zero-order valence-corrected chi connectivity index (χ0v) is 19.4. The van der Waals surface area contributed by atoms with Crippen molar-refractivity contribution in [2.24, 2.45) is 0 Å². The summed E-state index contributed by atoms with van der Waals surface area (Å²) in [6.07, 6.45) is -0.269. The standard InChI is InChI=1S/C24H27N3O6/c1-15-6-9-20(30-4)19(26-15)13-32-17-7-8-18-16(12-17)10-11-27(21(18)22(28)31-5)23(29)33-24(2,3)14-25/h6-9,12,21H,10-11,13H2,1-5H3/t21-/m1/s1. The van der Waals surface area contributed by atoms with Gasteiger partial charge in [0.2, 0.25) is 0 Å². The summed E-state index contributed by atoms with van der Waals surface area (Å²) < 4.78 is 21.5. The topological polar surface area (TPSA) is 111 Å². The van der Waals surface area contributed by atoms with Gasteiger partial charge in [0.1, 0.15) is 29.9 Å². The summed E-state index contributed by atoms with van der Waals surface area (Å²) in [5.74, 6) is 0.646. The lowest BCUT2D eigenvalue weighted by atomic mass is 9.92. The predicted octanol–water partition coefficient (Wildman–Crippen LogP) is 3.49. The van der Waals surface area contributed by atoms with Gasteiger partial charge in [0.05, 0.1) is 14.2 Å². The molecule has 1 amide bonds. The van der Waals surface area contributed by atoms with E-state index in [0.717, 1.165) is 11.3 Å². The number of hydrogen-bond acceptors (Lipinski definition) is 8. The van der Waals surface area contributed by atoms with E-state index in [1.165, 1.54) is 25.9 Å². The maximum absolute atomic E-state index is 12.7. The monoisotopic (exact) mass is 453 g/mol. The van der Waals surface area contributed by atoms with Gasteiger partial charge in [-0.25, -0.2) is 9.59 Å². The molecule has 0 N–H and O–H groups in total. The summed E-state index contributed by atoms with van der Waals surface area (Å²) >= 11 is 0. The number of hydrogen-bond donors (Lipinski definition) is 0. The van der Waals surface area contributed by atoms with Gasteiger partial charge in [0.15, 0.2) is 11.6 Å². The Hall–Kier alpha value is -3.80. The first-order chi connectivity index (χ1) is 15.7. The lowest BCUT2D eigenvalue weighted by Gasteiger charge is -2.36. The maximum atomic E-state index is 12.7. The highest BCUT2D eigenvalue weighted by Gasteiger charge is 2.39. The number of fused-ring (bicyclic) bond motifs is 1. The van der Waals surface area contributed by atoms with Crippen LogP contribution in [0.25, 0.3) is 0 Å². The van der Waals surface area contributed by atoms with E-state index in [1.54, 1.807) is 19.2 Å². The van der Waals surface area contributed by atoms with Crippen molar-refractivity contribution in [2.75, 3.05) is 20.8 Å². The molecular weight excluding hydrogens is 426 g/mol. The Balaban J connectivity index is 1.83. The Labute approximate surface area is 192 Å². The number of aryl methyl sites for hydroxylation is 1. The zero-order chi connectivity index (χ0) is 24.2. The fourth-order valence-corrected chi connectivity index (χ4v) is 3.59. The Kier molecular flexibility index (Phi) is 7.07. The van der Waals surface area contributed by atoms with Crippen LogP contribution in [0.4, 0.5) is 4.79 Å². The third-order valence-electron chi connectivity index (χ3n) is 5.28. The number of rotatable bonds is 6. The van der Waals surface area contributed by atoms with Gasteiger partial charge in [0.25, 0.3) is 0 Å². The molecule has 2 aromatic rings. The van der Waals surface area contributed by atoms with Gasteiger partial charge in [0, 0.05) is 12.2 Å². The van der Waals surface area contributed by atoms with Crippen LogP contribution in [0.3, 0.4) is 0 Å². The van der Waals surface area contributed by atoms with Gasteiger partial charge in [-0.05, 0) is 62.6 Å². The molecule has 174 valence electrons. The van der Waals surface area contributed by atoms with Crippen molar-refractivity contribution in [2.45, 2.75) is 45.4 Å². The van der Waals surface area contributed by atoms with E-state index in [1.807, 2.05) is 31.2 Å². The highest BCUT2D eigenvalue weighted by Crippen LogP contribution is 2.34. The Bertz CT molecular complexity index is 1090. The van der Waals surface area contributed by atoms with Crippen molar-refractivity contribution in [3.63, 3.8) is 0 Å². The molecular formula is C24H27N3O6. The van der Waals surface area contributed by atoms with Crippen LogP contribution in [-0.4, -0.2) is 48.3 Å². The van der Waals surface area contributed by atoms with Crippen molar-refractivity contribution in [1.29, 1.82) is 5.26 Å². The van der Waals surface area contributed by atoms with Crippen molar-refractivity contribution < 1.29 is 28.5 Å². The van der Waals surface area contributed by atoms with Gasteiger partial charge in [-0.15, -0.1) is 0 Å². The van der Waals surface area contributed by atoms with Crippen molar-refractivity contribution in [3.8, 4) is 17.6 Å². The molecule has 9 nitrogen and oxygen atoms in total. The van der Waals surface area contributed by atoms with E-state index >= 15 is 0 Å². The molecule has 0 unspecified atom stereocenters. The summed E-state index contributed by atoms with van der Waals surface area (Å²) in [6, 6.07) is 9.96. The molecule has 1 aromatic heterocycles. The third-order valence-corrected chi connectivity index (χ3v) is 5.28. The van der Waals surface area contributed by atoms with E-state index < -0.39 is 23.7 Å². The third kappa shape index (κ3) is 5.34. The number of nitriles is 1. The number of benzene rings is 1. The van der Waals surface area contributed by atoms with Crippen LogP contribution < -0.4 is 9.47 Å². The number of pyridine rings is 1. The van der Waals surface area contributed by atoms with E-state index in [9.17, 15) is 9.59 Å². The zero-order valence-electron chi connectivity index (χ0n) is 19.4. The first kappa shape index (κ1) is 23.9. The van der Waals surface area contributed by atoms with Crippen molar-refractivity contribution in [1.82, 2.24) is 9.88 Å². The molecule has 1 aliphatic rings. The Morgan fingerprint density at radius 1 is 1.24 bits per heavy atom. The molecule has 0 fully saturated rings. The van der Waals surface area contributed by atoms with Gasteiger partial charge in [-0.2, -0.15) is 5.26 Å². The quantitative estimate of drug-likeness (QED) is 0.611. The molecule has 2 heterocycles. The summed E-state index contributed by atoms with van der Waals surface area (Å²) in [5, 5.41) is 9.17. The van der Waals surface area contributed by atoms with Gasteiger partial charge in [-0.1, -0.05) is 6.07 Å².